The molecular formula is C16H17ClN2. The lowest BCUT2D eigenvalue weighted by molar-refractivity contribution is 0.483. The van der Waals surface area contributed by atoms with Gasteiger partial charge in [0, 0.05) is 31.1 Å². The smallest absolute Gasteiger partial charge is 0.0499 e. The Hall–Kier alpha value is -1.67. The van der Waals surface area contributed by atoms with Crippen molar-refractivity contribution < 1.29 is 2.74 Å². The Morgan fingerprint density at radius 1 is 1.26 bits per heavy atom. The molecule has 2 nitrogen and oxygen atoms in total. The van der Waals surface area contributed by atoms with Crippen LogP contribution in [0.2, 0.25) is 5.02 Å². The van der Waals surface area contributed by atoms with Crippen molar-refractivity contribution in [2.45, 2.75) is 18.7 Å². The summed E-state index contributed by atoms with van der Waals surface area (Å²) in [5.74, 6) is 0. The predicted octanol–water partition coefficient (Wildman–Crippen LogP) is 3.85. The summed E-state index contributed by atoms with van der Waals surface area (Å²) in [5, 5.41) is 3.77. The second-order valence-corrected chi connectivity index (χ2v) is 5.51. The molecular weight excluding hydrogens is 256 g/mol. The van der Waals surface area contributed by atoms with E-state index >= 15 is 0 Å². The number of nitrogens with two attached hydrogens (primary N) is 1. The Morgan fingerprint density at radius 3 is 2.74 bits per heavy atom. The average molecular weight is 275 g/mol. The van der Waals surface area contributed by atoms with E-state index in [0.29, 0.717) is 10.7 Å². The normalized spacial score (nSPS) is 30.8. The van der Waals surface area contributed by atoms with Gasteiger partial charge < -0.3 is 11.1 Å². The van der Waals surface area contributed by atoms with Crippen LogP contribution in [-0.2, 0) is 11.8 Å². The monoisotopic (exact) mass is 274 g/mol. The highest BCUT2D eigenvalue weighted by molar-refractivity contribution is 6.30. The summed E-state index contributed by atoms with van der Waals surface area (Å²) in [6.45, 7) is 1.31. The molecule has 1 heterocycles. The van der Waals surface area contributed by atoms with Crippen LogP contribution in [0.1, 0.15) is 20.8 Å². The zero-order chi connectivity index (χ0) is 15.2. The highest BCUT2D eigenvalue weighted by Gasteiger charge is 2.31. The molecule has 0 radical (unpaired) electrons. The number of rotatable bonds is 1. The quantitative estimate of drug-likeness (QED) is 0.775. The predicted molar refractivity (Wildman–Crippen MR) is 81.9 cm³/mol. The molecule has 3 heteroatoms. The van der Waals surface area contributed by atoms with Crippen LogP contribution in [0.5, 0.6) is 0 Å². The standard InChI is InChI=1S/C16H17ClN2/c1-16(12-3-6-14(18)7-4-12)9-11-2-5-13(17)8-15(11)19-10-16/h2-8,19H,9-10,18H2,1H3/i9D,10D. The topological polar surface area (TPSA) is 38.0 Å². The van der Waals surface area contributed by atoms with Crippen LogP contribution in [-0.4, -0.2) is 6.52 Å². The van der Waals surface area contributed by atoms with Gasteiger partial charge >= 0.3 is 0 Å². The summed E-state index contributed by atoms with van der Waals surface area (Å²) >= 11 is 6.00. The molecule has 19 heavy (non-hydrogen) atoms. The maximum atomic E-state index is 8.67. The van der Waals surface area contributed by atoms with Crippen molar-refractivity contribution in [3.05, 3.63) is 58.6 Å². The van der Waals surface area contributed by atoms with E-state index in [-0.39, 0.29) is 0 Å². The van der Waals surface area contributed by atoms with E-state index < -0.39 is 18.3 Å². The van der Waals surface area contributed by atoms with Gasteiger partial charge in [-0.05, 0) is 41.8 Å². The van der Waals surface area contributed by atoms with Crippen LogP contribution >= 0.6 is 11.6 Å². The first kappa shape index (κ1) is 10.2. The molecule has 0 aliphatic carbocycles. The van der Waals surface area contributed by atoms with Crippen LogP contribution in [0.4, 0.5) is 11.4 Å². The van der Waals surface area contributed by atoms with Crippen molar-refractivity contribution in [3.63, 3.8) is 0 Å². The number of nitrogens with one attached hydrogen (secondary N) is 1. The van der Waals surface area contributed by atoms with Gasteiger partial charge in [0.15, 0.2) is 0 Å². The third-order valence-corrected chi connectivity index (χ3v) is 3.77. The maximum Gasteiger partial charge on any atom is 0.0499 e. The maximum absolute atomic E-state index is 8.67. The van der Waals surface area contributed by atoms with Crippen molar-refractivity contribution in [2.24, 2.45) is 0 Å². The first-order valence-corrected chi connectivity index (χ1v) is 6.57. The summed E-state index contributed by atoms with van der Waals surface area (Å²) in [5.41, 5.74) is 8.33. The summed E-state index contributed by atoms with van der Waals surface area (Å²) in [6.07, 6.45) is -0.544. The number of nitrogen functional groups attached to an aromatic ring is 1. The SMILES string of the molecule is [2H]C1Nc2cc(Cl)ccc2C([2H])C1(C)c1ccc(N)cc1. The van der Waals surface area contributed by atoms with E-state index in [4.69, 9.17) is 20.1 Å². The van der Waals surface area contributed by atoms with Gasteiger partial charge in [-0.25, -0.2) is 0 Å². The lowest BCUT2D eigenvalue weighted by Gasteiger charge is -2.36. The zero-order valence-electron chi connectivity index (χ0n) is 12.7. The van der Waals surface area contributed by atoms with E-state index in [1.165, 1.54) is 0 Å². The van der Waals surface area contributed by atoms with Gasteiger partial charge in [-0.3, -0.25) is 0 Å². The minimum atomic E-state index is -0.658. The lowest BCUT2D eigenvalue weighted by Crippen LogP contribution is -2.37. The highest BCUT2D eigenvalue weighted by Crippen LogP contribution is 2.36. The van der Waals surface area contributed by atoms with Crippen molar-refractivity contribution in [3.8, 4) is 0 Å². The first-order chi connectivity index (χ1) is 9.92. The van der Waals surface area contributed by atoms with Crippen LogP contribution in [0.25, 0.3) is 0 Å². The number of fused-ring (bicyclic) bond motifs is 1. The number of anilines is 2. The van der Waals surface area contributed by atoms with E-state index in [1.54, 1.807) is 12.1 Å². The van der Waals surface area contributed by atoms with Crippen molar-refractivity contribution in [2.75, 3.05) is 17.6 Å². The van der Waals surface area contributed by atoms with Gasteiger partial charge in [0.25, 0.3) is 0 Å². The van der Waals surface area contributed by atoms with Gasteiger partial charge in [-0.15, -0.1) is 0 Å². The van der Waals surface area contributed by atoms with Crippen LogP contribution < -0.4 is 11.1 Å². The fourth-order valence-corrected chi connectivity index (χ4v) is 2.55. The van der Waals surface area contributed by atoms with Crippen molar-refractivity contribution in [1.82, 2.24) is 0 Å². The minimum Gasteiger partial charge on any atom is -0.399 e. The highest BCUT2D eigenvalue weighted by atomic mass is 35.5. The summed E-state index contributed by atoms with van der Waals surface area (Å²) in [7, 11) is 0. The largest absolute Gasteiger partial charge is 0.399 e. The number of benzene rings is 2. The molecule has 0 saturated carbocycles. The van der Waals surface area contributed by atoms with Gasteiger partial charge in [-0.1, -0.05) is 36.7 Å². The third-order valence-electron chi connectivity index (χ3n) is 3.53. The van der Waals surface area contributed by atoms with Gasteiger partial charge in [0.2, 0.25) is 0 Å². The van der Waals surface area contributed by atoms with Gasteiger partial charge in [-0.2, -0.15) is 0 Å². The molecule has 3 rings (SSSR count). The lowest BCUT2D eigenvalue weighted by atomic mass is 9.75. The molecule has 0 amide bonds. The fourth-order valence-electron chi connectivity index (χ4n) is 2.38. The molecule has 0 bridgehead atoms. The first-order valence-electron chi connectivity index (χ1n) is 7.35. The molecule has 1 aliphatic heterocycles. The number of hydrogen-bond donors (Lipinski definition) is 2. The van der Waals surface area contributed by atoms with E-state index in [2.05, 4.69) is 5.32 Å². The van der Waals surface area contributed by atoms with Crippen molar-refractivity contribution >= 4 is 23.0 Å². The molecule has 3 N–H and O–H groups in total. The number of hydrogen-bond acceptors (Lipinski definition) is 2. The Balaban J connectivity index is 2.11. The molecule has 2 aromatic rings. The molecule has 3 atom stereocenters. The second-order valence-electron chi connectivity index (χ2n) is 5.07. The summed E-state index contributed by atoms with van der Waals surface area (Å²) < 4.78 is 17.1. The minimum absolute atomic E-state index is 0.544. The molecule has 0 spiro atoms. The van der Waals surface area contributed by atoms with Crippen molar-refractivity contribution in [1.29, 1.82) is 0 Å². The Kier molecular flexibility index (Phi) is 2.38. The third kappa shape index (κ3) is 2.28. The Morgan fingerprint density at radius 2 is 2.00 bits per heavy atom. The number of halogens is 1. The van der Waals surface area contributed by atoms with E-state index in [1.807, 2.05) is 37.3 Å². The van der Waals surface area contributed by atoms with Crippen LogP contribution in [0, 0.1) is 0 Å². The Labute approximate surface area is 121 Å². The average Bonchev–Trinajstić information content (AvgIpc) is 2.45. The molecule has 3 unspecified atom stereocenters. The molecule has 0 saturated heterocycles. The molecule has 0 aromatic heterocycles. The summed E-state index contributed by atoms with van der Waals surface area (Å²) in [6, 6.07) is 12.9. The molecule has 0 fully saturated rings. The van der Waals surface area contributed by atoms with Gasteiger partial charge in [0.1, 0.15) is 0 Å². The van der Waals surface area contributed by atoms with Crippen LogP contribution in [0.3, 0.4) is 0 Å². The fraction of sp³-hybridized carbons (Fsp3) is 0.250. The second kappa shape index (κ2) is 4.46. The molecule has 1 aliphatic rings. The van der Waals surface area contributed by atoms with E-state index in [0.717, 1.165) is 16.8 Å². The summed E-state index contributed by atoms with van der Waals surface area (Å²) in [4.78, 5) is 0. The molecule has 98 valence electrons. The molecule has 2 aromatic carbocycles. The van der Waals surface area contributed by atoms with Gasteiger partial charge in [0.05, 0.1) is 0 Å². The van der Waals surface area contributed by atoms with Crippen LogP contribution in [0.15, 0.2) is 42.5 Å². The Bertz CT molecular complexity index is 674. The zero-order valence-corrected chi connectivity index (χ0v) is 11.4. The van der Waals surface area contributed by atoms with E-state index in [9.17, 15) is 0 Å².